The Labute approximate surface area is 178 Å². The number of benzene rings is 2. The predicted octanol–water partition coefficient (Wildman–Crippen LogP) is 4.25. The van der Waals surface area contributed by atoms with Crippen molar-refractivity contribution in [1.29, 1.82) is 5.26 Å². The molecule has 2 rings (SSSR count). The fraction of sp³-hybridized carbons (Fsp3) is 0.182. The monoisotopic (exact) mass is 456 g/mol. The summed E-state index contributed by atoms with van der Waals surface area (Å²) in [6.07, 6.45) is 3.17. The summed E-state index contributed by atoms with van der Waals surface area (Å²) < 4.78 is 16.7. The lowest BCUT2D eigenvalue weighted by atomic mass is 10.1. The van der Waals surface area contributed by atoms with E-state index in [2.05, 4.69) is 27.8 Å². The van der Waals surface area contributed by atoms with Gasteiger partial charge in [0.15, 0.2) is 0 Å². The number of nitriles is 1. The maximum absolute atomic E-state index is 12.5. The highest BCUT2D eigenvalue weighted by molar-refractivity contribution is 9.10. The second-order valence-electron chi connectivity index (χ2n) is 5.82. The van der Waals surface area contributed by atoms with E-state index in [-0.39, 0.29) is 12.1 Å². The van der Waals surface area contributed by atoms with Crippen LogP contribution in [0.15, 0.2) is 59.1 Å². The zero-order chi connectivity index (χ0) is 21.2. The van der Waals surface area contributed by atoms with Crippen LogP contribution in [0.25, 0.3) is 6.08 Å². The average Bonchev–Trinajstić information content (AvgIpc) is 2.74. The Kier molecular flexibility index (Phi) is 8.31. The zero-order valence-electron chi connectivity index (χ0n) is 16.2. The molecule has 0 aromatic heterocycles. The molecule has 1 amide bonds. The van der Waals surface area contributed by atoms with Crippen LogP contribution < -0.4 is 19.5 Å². The van der Waals surface area contributed by atoms with E-state index >= 15 is 0 Å². The molecule has 0 bridgehead atoms. The van der Waals surface area contributed by atoms with Gasteiger partial charge in [-0.05, 0) is 51.8 Å². The van der Waals surface area contributed by atoms with Gasteiger partial charge in [0, 0.05) is 18.2 Å². The summed E-state index contributed by atoms with van der Waals surface area (Å²) in [5.41, 5.74) is 1.45. The quantitative estimate of drug-likeness (QED) is 0.346. The molecule has 7 heteroatoms. The number of hydrogen-bond donors (Lipinski definition) is 1. The van der Waals surface area contributed by atoms with Crippen molar-refractivity contribution < 1.29 is 19.0 Å². The largest absolute Gasteiger partial charge is 0.497 e. The van der Waals surface area contributed by atoms with Crippen LogP contribution in [0.2, 0.25) is 0 Å². The normalized spacial score (nSPS) is 10.6. The minimum Gasteiger partial charge on any atom is -0.497 e. The van der Waals surface area contributed by atoms with Gasteiger partial charge in [-0.2, -0.15) is 5.26 Å². The number of nitrogens with zero attached hydrogens (tertiary/aromatic N) is 1. The van der Waals surface area contributed by atoms with E-state index in [1.807, 2.05) is 6.07 Å². The number of rotatable bonds is 9. The third kappa shape index (κ3) is 6.13. The van der Waals surface area contributed by atoms with Crippen LogP contribution in [0.3, 0.4) is 0 Å². The molecule has 0 heterocycles. The Balaban J connectivity index is 2.12. The molecule has 0 unspecified atom stereocenters. The summed E-state index contributed by atoms with van der Waals surface area (Å²) in [6.45, 7) is 4.20. The lowest BCUT2D eigenvalue weighted by Gasteiger charge is -2.11. The highest BCUT2D eigenvalue weighted by Gasteiger charge is 2.12. The van der Waals surface area contributed by atoms with Crippen molar-refractivity contribution in [3.05, 3.63) is 70.2 Å². The summed E-state index contributed by atoms with van der Waals surface area (Å²) in [4.78, 5) is 12.5. The fourth-order valence-corrected chi connectivity index (χ4v) is 2.97. The molecule has 0 atom stereocenters. The maximum Gasteiger partial charge on any atom is 0.262 e. The maximum atomic E-state index is 12.5. The van der Waals surface area contributed by atoms with Crippen molar-refractivity contribution in [2.45, 2.75) is 6.54 Å². The number of hydrogen-bond acceptors (Lipinski definition) is 5. The second kappa shape index (κ2) is 10.9. The first kappa shape index (κ1) is 22.1. The molecular weight excluding hydrogens is 436 g/mol. The standard InChI is InChI=1S/C22H21BrN2O4/c1-4-9-29-20-8-5-15(11-19(20)23)10-17(13-24)22(26)25-14-16-6-7-18(27-2)12-21(16)28-3/h4-8,10-12H,1,9,14H2,2-3H3,(H,25,26)/b17-10+. The Hall–Kier alpha value is -3.24. The smallest absolute Gasteiger partial charge is 0.262 e. The number of carbonyl (C=O) groups is 1. The van der Waals surface area contributed by atoms with Crippen molar-refractivity contribution in [2.75, 3.05) is 20.8 Å². The first-order chi connectivity index (χ1) is 14.0. The molecule has 0 saturated heterocycles. The molecule has 0 saturated carbocycles. The summed E-state index contributed by atoms with van der Waals surface area (Å²) in [5, 5.41) is 12.1. The van der Waals surface area contributed by atoms with Crippen LogP contribution >= 0.6 is 15.9 Å². The van der Waals surface area contributed by atoms with Crippen molar-refractivity contribution in [3.63, 3.8) is 0 Å². The van der Waals surface area contributed by atoms with Crippen molar-refractivity contribution in [2.24, 2.45) is 0 Å². The molecule has 0 spiro atoms. The first-order valence-corrected chi connectivity index (χ1v) is 9.45. The number of ether oxygens (including phenoxy) is 3. The number of nitrogens with one attached hydrogen (secondary N) is 1. The van der Waals surface area contributed by atoms with Crippen LogP contribution in [0, 0.1) is 11.3 Å². The third-order valence-electron chi connectivity index (χ3n) is 3.92. The summed E-state index contributed by atoms with van der Waals surface area (Å²) >= 11 is 3.42. The number of halogens is 1. The van der Waals surface area contributed by atoms with Crippen molar-refractivity contribution >= 4 is 27.9 Å². The Morgan fingerprint density at radius 3 is 2.62 bits per heavy atom. The van der Waals surface area contributed by atoms with Gasteiger partial charge in [0.25, 0.3) is 5.91 Å². The van der Waals surface area contributed by atoms with Crippen molar-refractivity contribution in [1.82, 2.24) is 5.32 Å². The molecule has 150 valence electrons. The summed E-state index contributed by atoms with van der Waals surface area (Å²) in [6, 6.07) is 12.5. The van der Waals surface area contributed by atoms with Crippen molar-refractivity contribution in [3.8, 4) is 23.3 Å². The van der Waals surface area contributed by atoms with E-state index in [1.165, 1.54) is 6.08 Å². The SMILES string of the molecule is C=CCOc1ccc(/C=C(\C#N)C(=O)NCc2ccc(OC)cc2OC)cc1Br. The Morgan fingerprint density at radius 2 is 2.00 bits per heavy atom. The van der Waals surface area contributed by atoms with Crippen LogP contribution in [0.4, 0.5) is 0 Å². The number of methoxy groups -OCH3 is 2. The van der Waals surface area contributed by atoms with Gasteiger partial charge in [0.2, 0.25) is 0 Å². The van der Waals surface area contributed by atoms with Crippen LogP contribution in [-0.4, -0.2) is 26.7 Å². The minimum atomic E-state index is -0.478. The molecule has 29 heavy (non-hydrogen) atoms. The molecule has 0 radical (unpaired) electrons. The molecule has 2 aromatic carbocycles. The van der Waals surface area contributed by atoms with E-state index in [4.69, 9.17) is 14.2 Å². The lowest BCUT2D eigenvalue weighted by molar-refractivity contribution is -0.117. The van der Waals surface area contributed by atoms with Gasteiger partial charge in [0.05, 0.1) is 18.7 Å². The van der Waals surface area contributed by atoms with Gasteiger partial charge in [-0.25, -0.2) is 0 Å². The molecule has 0 fully saturated rings. The van der Waals surface area contributed by atoms with E-state index in [0.717, 1.165) is 5.56 Å². The number of amides is 1. The first-order valence-electron chi connectivity index (χ1n) is 8.66. The van der Waals surface area contributed by atoms with Crippen LogP contribution in [0.5, 0.6) is 17.2 Å². The van der Waals surface area contributed by atoms with Gasteiger partial charge in [0.1, 0.15) is 35.5 Å². The van der Waals surface area contributed by atoms with Gasteiger partial charge < -0.3 is 19.5 Å². The van der Waals surface area contributed by atoms with E-state index in [1.54, 1.807) is 56.7 Å². The molecule has 0 aliphatic carbocycles. The average molecular weight is 457 g/mol. The van der Waals surface area contributed by atoms with Crippen LogP contribution in [-0.2, 0) is 11.3 Å². The topological polar surface area (TPSA) is 80.6 Å². The lowest BCUT2D eigenvalue weighted by Crippen LogP contribution is -2.24. The third-order valence-corrected chi connectivity index (χ3v) is 4.54. The fourth-order valence-electron chi connectivity index (χ4n) is 2.46. The minimum absolute atomic E-state index is 0.0101. The van der Waals surface area contributed by atoms with Gasteiger partial charge >= 0.3 is 0 Å². The highest BCUT2D eigenvalue weighted by atomic mass is 79.9. The van der Waals surface area contributed by atoms with E-state index < -0.39 is 5.91 Å². The molecular formula is C22H21BrN2O4. The molecule has 2 aromatic rings. The van der Waals surface area contributed by atoms with E-state index in [0.29, 0.717) is 33.9 Å². The predicted molar refractivity (Wildman–Crippen MR) is 115 cm³/mol. The Morgan fingerprint density at radius 1 is 1.21 bits per heavy atom. The zero-order valence-corrected chi connectivity index (χ0v) is 17.8. The van der Waals surface area contributed by atoms with E-state index in [9.17, 15) is 10.1 Å². The summed E-state index contributed by atoms with van der Waals surface area (Å²) in [5.74, 6) is 1.41. The van der Waals surface area contributed by atoms with Gasteiger partial charge in [-0.3, -0.25) is 4.79 Å². The number of carbonyl (C=O) groups excluding carboxylic acids is 1. The Bertz CT molecular complexity index is 964. The molecule has 6 nitrogen and oxygen atoms in total. The highest BCUT2D eigenvalue weighted by Crippen LogP contribution is 2.27. The molecule has 0 aliphatic rings. The van der Waals surface area contributed by atoms with Gasteiger partial charge in [-0.15, -0.1) is 0 Å². The van der Waals surface area contributed by atoms with Crippen LogP contribution in [0.1, 0.15) is 11.1 Å². The van der Waals surface area contributed by atoms with Gasteiger partial charge in [-0.1, -0.05) is 18.7 Å². The molecule has 0 aliphatic heterocycles. The molecule has 1 N–H and O–H groups in total. The summed E-state index contributed by atoms with van der Waals surface area (Å²) in [7, 11) is 3.11. The second-order valence-corrected chi connectivity index (χ2v) is 6.67.